The molecule has 0 aromatic heterocycles. The van der Waals surface area contributed by atoms with Gasteiger partial charge in [0.1, 0.15) is 0 Å². The normalized spacial score (nSPS) is 13.0. The first-order valence-electron chi connectivity index (χ1n) is 3.57. The molecule has 13 heavy (non-hydrogen) atoms. The van der Waals surface area contributed by atoms with Crippen LogP contribution < -0.4 is 5.73 Å². The molecule has 0 heterocycles. The van der Waals surface area contributed by atoms with Crippen molar-refractivity contribution < 1.29 is 9.50 Å². The lowest BCUT2D eigenvalue weighted by Gasteiger charge is -2.11. The summed E-state index contributed by atoms with van der Waals surface area (Å²) in [4.78, 5) is 0. The lowest BCUT2D eigenvalue weighted by atomic mass is 10.1. The molecule has 1 aromatic rings. The number of halogens is 3. The number of benzene rings is 1. The minimum Gasteiger partial charge on any atom is -0.394 e. The Morgan fingerprint density at radius 2 is 2.23 bits per heavy atom. The van der Waals surface area contributed by atoms with Gasteiger partial charge in [-0.15, -0.1) is 0 Å². The van der Waals surface area contributed by atoms with Crippen LogP contribution in [0.2, 0.25) is 5.02 Å². The molecule has 72 valence electrons. The highest BCUT2D eigenvalue weighted by Crippen LogP contribution is 2.29. The van der Waals surface area contributed by atoms with E-state index in [4.69, 9.17) is 22.4 Å². The summed E-state index contributed by atoms with van der Waals surface area (Å²) in [6.07, 6.45) is 0. The summed E-state index contributed by atoms with van der Waals surface area (Å²) < 4.78 is 13.4. The predicted octanol–water partition coefficient (Wildman–Crippen LogP) is 2.23. The Morgan fingerprint density at radius 1 is 1.62 bits per heavy atom. The molecular weight excluding hydrogens is 260 g/mol. The van der Waals surface area contributed by atoms with E-state index in [9.17, 15) is 4.39 Å². The van der Waals surface area contributed by atoms with Crippen LogP contribution in [0.1, 0.15) is 11.6 Å². The van der Waals surface area contributed by atoms with Crippen LogP contribution in [0.25, 0.3) is 0 Å². The summed E-state index contributed by atoms with van der Waals surface area (Å²) in [5.74, 6) is -0.553. The van der Waals surface area contributed by atoms with Gasteiger partial charge >= 0.3 is 0 Å². The Morgan fingerprint density at radius 3 is 2.77 bits per heavy atom. The highest BCUT2D eigenvalue weighted by Gasteiger charge is 2.14. The Bertz CT molecular complexity index is 321. The molecule has 3 N–H and O–H groups in total. The van der Waals surface area contributed by atoms with Crippen molar-refractivity contribution in [3.8, 4) is 0 Å². The molecule has 0 saturated heterocycles. The zero-order valence-corrected chi connectivity index (χ0v) is 8.94. The Labute approximate surface area is 88.6 Å². The van der Waals surface area contributed by atoms with E-state index in [1.165, 1.54) is 6.07 Å². The summed E-state index contributed by atoms with van der Waals surface area (Å²) >= 11 is 8.55. The van der Waals surface area contributed by atoms with Gasteiger partial charge in [0.15, 0.2) is 5.82 Å². The molecule has 0 aliphatic rings. The zero-order chi connectivity index (χ0) is 10.0. The maximum atomic E-state index is 13.2. The average Bonchev–Trinajstić information content (AvgIpc) is 2.13. The van der Waals surface area contributed by atoms with Crippen LogP contribution in [-0.4, -0.2) is 11.7 Å². The van der Waals surface area contributed by atoms with Gasteiger partial charge in [0.25, 0.3) is 0 Å². The van der Waals surface area contributed by atoms with Gasteiger partial charge in [-0.05, 0) is 27.6 Å². The van der Waals surface area contributed by atoms with Crippen LogP contribution in [0.3, 0.4) is 0 Å². The fourth-order valence-corrected chi connectivity index (χ4v) is 1.84. The minimum atomic E-state index is -0.596. The monoisotopic (exact) mass is 267 g/mol. The smallest absolute Gasteiger partial charge is 0.156 e. The molecule has 1 atom stereocenters. The van der Waals surface area contributed by atoms with Gasteiger partial charge in [-0.25, -0.2) is 4.39 Å². The highest BCUT2D eigenvalue weighted by molar-refractivity contribution is 9.10. The Hall–Kier alpha value is -0.160. The van der Waals surface area contributed by atoms with Crippen molar-refractivity contribution in [3.05, 3.63) is 33.0 Å². The van der Waals surface area contributed by atoms with Crippen LogP contribution >= 0.6 is 27.5 Å². The summed E-state index contributed by atoms with van der Waals surface area (Å²) in [7, 11) is 0. The minimum absolute atomic E-state index is 0.0285. The molecule has 0 spiro atoms. The van der Waals surface area contributed by atoms with Crippen molar-refractivity contribution in [1.82, 2.24) is 0 Å². The summed E-state index contributed by atoms with van der Waals surface area (Å²) in [6.45, 7) is -0.236. The molecule has 2 nitrogen and oxygen atoms in total. The summed E-state index contributed by atoms with van der Waals surface area (Å²) in [5.41, 5.74) is 6.03. The van der Waals surface area contributed by atoms with Crippen LogP contribution in [0.5, 0.6) is 0 Å². The topological polar surface area (TPSA) is 46.2 Å². The third-order valence-corrected chi connectivity index (χ3v) is 2.76. The second-order valence-electron chi connectivity index (χ2n) is 2.55. The molecule has 0 bridgehead atoms. The molecule has 0 aliphatic heterocycles. The first-order chi connectivity index (χ1) is 6.07. The fourth-order valence-electron chi connectivity index (χ4n) is 0.926. The van der Waals surface area contributed by atoms with Gasteiger partial charge in [0.05, 0.1) is 22.1 Å². The average molecular weight is 269 g/mol. The maximum Gasteiger partial charge on any atom is 0.156 e. The van der Waals surface area contributed by atoms with Crippen molar-refractivity contribution in [2.45, 2.75) is 6.04 Å². The number of aliphatic hydroxyl groups excluding tert-OH is 1. The Kier molecular flexibility index (Phi) is 3.67. The number of aliphatic hydroxyl groups is 1. The summed E-state index contributed by atoms with van der Waals surface area (Å²) in [6, 6.07) is 2.39. The molecule has 0 fully saturated rings. The van der Waals surface area contributed by atoms with Gasteiger partial charge < -0.3 is 10.8 Å². The van der Waals surface area contributed by atoms with Crippen molar-refractivity contribution in [1.29, 1.82) is 0 Å². The number of rotatable bonds is 2. The molecule has 0 radical (unpaired) electrons. The van der Waals surface area contributed by atoms with E-state index < -0.39 is 11.9 Å². The molecule has 0 amide bonds. The molecule has 0 aliphatic carbocycles. The molecule has 0 saturated carbocycles. The summed E-state index contributed by atoms with van der Waals surface area (Å²) in [5, 5.41) is 8.80. The van der Waals surface area contributed by atoms with E-state index in [1.54, 1.807) is 6.07 Å². The van der Waals surface area contributed by atoms with Crippen molar-refractivity contribution in [3.63, 3.8) is 0 Å². The zero-order valence-electron chi connectivity index (χ0n) is 6.60. The SMILES string of the molecule is N[C@@H](CO)c1ccc(Cl)c(F)c1Br. The van der Waals surface area contributed by atoms with E-state index in [1.807, 2.05) is 0 Å². The number of hydrogen-bond acceptors (Lipinski definition) is 2. The van der Waals surface area contributed by atoms with Crippen molar-refractivity contribution in [2.75, 3.05) is 6.61 Å². The third-order valence-electron chi connectivity index (χ3n) is 1.66. The van der Waals surface area contributed by atoms with Crippen LogP contribution in [-0.2, 0) is 0 Å². The quantitative estimate of drug-likeness (QED) is 0.808. The van der Waals surface area contributed by atoms with Gasteiger partial charge in [-0.3, -0.25) is 0 Å². The van der Waals surface area contributed by atoms with E-state index in [0.29, 0.717) is 5.56 Å². The third kappa shape index (κ3) is 2.20. The highest BCUT2D eigenvalue weighted by atomic mass is 79.9. The molecule has 5 heteroatoms. The molecule has 1 rings (SSSR count). The predicted molar refractivity (Wildman–Crippen MR) is 53.1 cm³/mol. The number of hydrogen-bond donors (Lipinski definition) is 2. The first-order valence-corrected chi connectivity index (χ1v) is 4.75. The van der Waals surface area contributed by atoms with E-state index >= 15 is 0 Å². The van der Waals surface area contributed by atoms with Crippen LogP contribution in [0.4, 0.5) is 4.39 Å². The lowest BCUT2D eigenvalue weighted by Crippen LogP contribution is -2.15. The van der Waals surface area contributed by atoms with Crippen LogP contribution in [0, 0.1) is 5.82 Å². The van der Waals surface area contributed by atoms with E-state index in [0.717, 1.165) is 0 Å². The van der Waals surface area contributed by atoms with Crippen molar-refractivity contribution in [2.24, 2.45) is 5.73 Å². The standard InChI is InChI=1S/C8H8BrClFNO/c9-7-4(6(12)3-13)1-2-5(10)8(7)11/h1-2,6,13H,3,12H2/t6-/m0/s1. The first kappa shape index (κ1) is 10.9. The molecule has 0 unspecified atom stereocenters. The Balaban J connectivity index is 3.18. The fraction of sp³-hybridized carbons (Fsp3) is 0.250. The van der Waals surface area contributed by atoms with Crippen molar-refractivity contribution >= 4 is 27.5 Å². The van der Waals surface area contributed by atoms with E-state index in [-0.39, 0.29) is 16.1 Å². The van der Waals surface area contributed by atoms with Crippen LogP contribution in [0.15, 0.2) is 16.6 Å². The molecule has 1 aromatic carbocycles. The maximum absolute atomic E-state index is 13.2. The second-order valence-corrected chi connectivity index (χ2v) is 3.75. The molecular formula is C8H8BrClFNO. The second kappa shape index (κ2) is 4.37. The van der Waals surface area contributed by atoms with Gasteiger partial charge in [-0.1, -0.05) is 17.7 Å². The van der Waals surface area contributed by atoms with Gasteiger partial charge in [0.2, 0.25) is 0 Å². The number of nitrogens with two attached hydrogens (primary N) is 1. The van der Waals surface area contributed by atoms with E-state index in [2.05, 4.69) is 15.9 Å². The van der Waals surface area contributed by atoms with Gasteiger partial charge in [0, 0.05) is 0 Å². The largest absolute Gasteiger partial charge is 0.394 e. The lowest BCUT2D eigenvalue weighted by molar-refractivity contribution is 0.267. The van der Waals surface area contributed by atoms with Gasteiger partial charge in [-0.2, -0.15) is 0 Å².